The topological polar surface area (TPSA) is 73.2 Å². The van der Waals surface area contributed by atoms with Crippen LogP contribution >= 0.6 is 34.5 Å². The van der Waals surface area contributed by atoms with Crippen molar-refractivity contribution in [3.05, 3.63) is 77.6 Å². The second kappa shape index (κ2) is 11.8. The molecule has 1 amide bonds. The van der Waals surface area contributed by atoms with E-state index in [0.29, 0.717) is 15.9 Å². The van der Waals surface area contributed by atoms with Crippen LogP contribution in [-0.4, -0.2) is 23.8 Å². The second-order valence-corrected chi connectivity index (χ2v) is 17.8. The smallest absolute Gasteiger partial charge is 0.295 e. The van der Waals surface area contributed by atoms with Gasteiger partial charge >= 0.3 is 0 Å². The van der Waals surface area contributed by atoms with Crippen molar-refractivity contribution in [2.45, 2.75) is 72.3 Å². The molecular formula is C28H35Cl2N3O3SSi. The quantitative estimate of drug-likeness (QED) is 0.269. The molecule has 0 saturated carbocycles. The molecule has 0 atom stereocenters. The lowest BCUT2D eigenvalue weighted by molar-refractivity contribution is 0.0942. The minimum absolute atomic E-state index is 0.0181. The van der Waals surface area contributed by atoms with Crippen LogP contribution in [0.4, 0.5) is 0 Å². The first kappa shape index (κ1) is 30.2. The molecule has 2 heterocycles. The van der Waals surface area contributed by atoms with Gasteiger partial charge in [0.25, 0.3) is 19.8 Å². The molecule has 2 aromatic heterocycles. The molecule has 38 heavy (non-hydrogen) atoms. The summed E-state index contributed by atoms with van der Waals surface area (Å²) in [6.45, 7) is 16.3. The zero-order chi connectivity index (χ0) is 28.4. The lowest BCUT2D eigenvalue weighted by Crippen LogP contribution is -2.46. The van der Waals surface area contributed by atoms with Gasteiger partial charge in [-0.25, -0.2) is 4.98 Å². The van der Waals surface area contributed by atoms with Crippen LogP contribution in [0.2, 0.25) is 28.2 Å². The Morgan fingerprint density at radius 2 is 1.79 bits per heavy atom. The summed E-state index contributed by atoms with van der Waals surface area (Å²) < 4.78 is 8.04. The molecule has 0 aliphatic heterocycles. The normalized spacial score (nSPS) is 12.4. The minimum atomic E-state index is -2.48. The number of nitrogens with one attached hydrogen (secondary N) is 1. The third-order valence-corrected chi connectivity index (χ3v) is 12.2. The number of rotatable bonds is 8. The molecule has 1 aromatic carbocycles. The summed E-state index contributed by atoms with van der Waals surface area (Å²) >= 11 is 13.9. The van der Waals surface area contributed by atoms with E-state index >= 15 is 0 Å². The van der Waals surface area contributed by atoms with Gasteiger partial charge in [0.15, 0.2) is 5.69 Å². The van der Waals surface area contributed by atoms with Crippen molar-refractivity contribution in [3.8, 4) is 5.75 Å². The highest BCUT2D eigenvalue weighted by Crippen LogP contribution is 2.37. The van der Waals surface area contributed by atoms with E-state index in [1.807, 2.05) is 45.3 Å². The van der Waals surface area contributed by atoms with Crippen LogP contribution in [0.5, 0.6) is 5.75 Å². The number of aryl methyl sites for hydroxylation is 1. The van der Waals surface area contributed by atoms with Crippen LogP contribution < -0.4 is 15.3 Å². The van der Waals surface area contributed by atoms with Gasteiger partial charge < -0.3 is 9.74 Å². The van der Waals surface area contributed by atoms with Crippen LogP contribution in [0.3, 0.4) is 0 Å². The molecule has 3 aromatic rings. The minimum Gasteiger partial charge on any atom is -0.538 e. The van der Waals surface area contributed by atoms with Crippen LogP contribution in [-0.2, 0) is 6.54 Å². The molecule has 0 saturated heterocycles. The van der Waals surface area contributed by atoms with E-state index in [9.17, 15) is 9.59 Å². The average Bonchev–Trinajstić information content (AvgIpc) is 3.20. The summed E-state index contributed by atoms with van der Waals surface area (Å²) in [7, 11) is -2.48. The van der Waals surface area contributed by atoms with Crippen molar-refractivity contribution in [2.75, 3.05) is 0 Å². The predicted octanol–water partition coefficient (Wildman–Crippen LogP) is 7.99. The third-order valence-electron chi connectivity index (χ3n) is 6.55. The summed E-state index contributed by atoms with van der Waals surface area (Å²) in [5.74, 6) is -0.147. The molecule has 0 aliphatic rings. The zero-order valence-electron chi connectivity index (χ0n) is 23.1. The molecule has 10 heteroatoms. The fourth-order valence-corrected chi connectivity index (χ4v) is 5.75. The first-order valence-corrected chi connectivity index (χ1v) is 17.0. The van der Waals surface area contributed by atoms with Crippen LogP contribution in [0.25, 0.3) is 12.2 Å². The van der Waals surface area contributed by atoms with Crippen LogP contribution in [0.15, 0.2) is 34.4 Å². The van der Waals surface area contributed by atoms with E-state index in [1.54, 1.807) is 40.2 Å². The molecular weight excluding hydrogens is 557 g/mol. The third kappa shape index (κ3) is 7.17. The van der Waals surface area contributed by atoms with E-state index in [0.717, 1.165) is 11.1 Å². The number of hydrogen-bond donors (Lipinski definition) is 1. The van der Waals surface area contributed by atoms with Gasteiger partial charge in [0.1, 0.15) is 5.82 Å². The largest absolute Gasteiger partial charge is 0.538 e. The van der Waals surface area contributed by atoms with Gasteiger partial charge in [-0.05, 0) is 85.8 Å². The molecule has 0 radical (unpaired) electrons. The van der Waals surface area contributed by atoms with E-state index in [1.165, 1.54) is 4.88 Å². The van der Waals surface area contributed by atoms with Crippen molar-refractivity contribution in [1.82, 2.24) is 14.9 Å². The Morgan fingerprint density at radius 1 is 1.16 bits per heavy atom. The number of hydrogen-bond acceptors (Lipinski definition) is 5. The second-order valence-electron chi connectivity index (χ2n) is 11.1. The molecule has 0 spiro atoms. The standard InChI is InChI=1S/C28H35Cl2N3O3SSi/c1-17(2)33-23(10-9-19-11-18(3)37-16-19)32-24(25(27(33)35)36-38(7,8)28(4,5)6)26(34)31-15-20-12-21(29)14-22(30)13-20/h9-14,16-17H,15H2,1-8H3,(H,31,34). The highest BCUT2D eigenvalue weighted by Gasteiger charge is 2.41. The summed E-state index contributed by atoms with van der Waals surface area (Å²) in [6, 6.07) is 6.92. The van der Waals surface area contributed by atoms with Gasteiger partial charge in [-0.1, -0.05) is 50.0 Å². The van der Waals surface area contributed by atoms with Gasteiger partial charge in [0.05, 0.1) is 0 Å². The highest BCUT2D eigenvalue weighted by molar-refractivity contribution is 7.10. The lowest BCUT2D eigenvalue weighted by Gasteiger charge is -2.36. The molecule has 1 N–H and O–H groups in total. The monoisotopic (exact) mass is 591 g/mol. The Morgan fingerprint density at radius 3 is 2.32 bits per heavy atom. The van der Waals surface area contributed by atoms with Crippen LogP contribution in [0.1, 0.15) is 73.0 Å². The van der Waals surface area contributed by atoms with Gasteiger partial charge in [0, 0.05) is 27.5 Å². The number of nitrogens with zero attached hydrogens (tertiary/aromatic N) is 2. The first-order chi connectivity index (χ1) is 17.6. The summed E-state index contributed by atoms with van der Waals surface area (Å²) in [5.41, 5.74) is 1.32. The summed E-state index contributed by atoms with van der Waals surface area (Å²) in [6.07, 6.45) is 3.67. The molecule has 0 aliphatic carbocycles. The number of carbonyl (C=O) groups is 1. The van der Waals surface area contributed by atoms with Crippen LogP contribution in [0, 0.1) is 6.92 Å². The van der Waals surface area contributed by atoms with Gasteiger partial charge in [-0.3, -0.25) is 14.2 Å². The van der Waals surface area contributed by atoms with E-state index in [4.69, 9.17) is 32.6 Å². The van der Waals surface area contributed by atoms with Crippen molar-refractivity contribution < 1.29 is 9.22 Å². The van der Waals surface area contributed by atoms with E-state index in [2.05, 4.69) is 32.2 Å². The molecule has 6 nitrogen and oxygen atoms in total. The SMILES string of the molecule is Cc1cc(C=Cc2nc(C(=O)NCc3cc(Cl)cc(Cl)c3)c(O[Si](C)(C)C(C)(C)C)c(=O)n2C(C)C)cs1. The van der Waals surface area contributed by atoms with Crippen molar-refractivity contribution in [2.24, 2.45) is 0 Å². The number of amides is 1. The summed E-state index contributed by atoms with van der Waals surface area (Å²) in [4.78, 5) is 33.3. The summed E-state index contributed by atoms with van der Waals surface area (Å²) in [5, 5.41) is 5.64. The highest BCUT2D eigenvalue weighted by atomic mass is 35.5. The van der Waals surface area contributed by atoms with E-state index < -0.39 is 14.2 Å². The Bertz CT molecular complexity index is 1400. The van der Waals surface area contributed by atoms with Crippen molar-refractivity contribution in [3.63, 3.8) is 0 Å². The Kier molecular flexibility index (Phi) is 9.35. The zero-order valence-corrected chi connectivity index (χ0v) is 26.4. The fourth-order valence-electron chi connectivity index (χ4n) is 3.51. The predicted molar refractivity (Wildman–Crippen MR) is 162 cm³/mol. The number of benzene rings is 1. The van der Waals surface area contributed by atoms with Gasteiger partial charge in [-0.2, -0.15) is 0 Å². The molecule has 0 fully saturated rings. The van der Waals surface area contributed by atoms with Crippen molar-refractivity contribution in [1.29, 1.82) is 0 Å². The maximum Gasteiger partial charge on any atom is 0.295 e. The first-order valence-electron chi connectivity index (χ1n) is 12.4. The Balaban J connectivity index is 2.13. The lowest BCUT2D eigenvalue weighted by atomic mass is 10.2. The Labute approximate surface area is 239 Å². The molecule has 204 valence electrons. The molecule has 0 bridgehead atoms. The van der Waals surface area contributed by atoms with E-state index in [-0.39, 0.29) is 34.6 Å². The maximum atomic E-state index is 13.9. The fraction of sp³-hybridized carbons (Fsp3) is 0.393. The number of carbonyl (C=O) groups excluding carboxylic acids is 1. The van der Waals surface area contributed by atoms with Crippen molar-refractivity contribution >= 4 is 60.9 Å². The molecule has 3 rings (SSSR count). The molecule has 0 unspecified atom stereocenters. The number of aromatic nitrogens is 2. The average molecular weight is 593 g/mol. The number of halogens is 2. The number of thiophene rings is 1. The Hall–Kier alpha value is -2.39. The van der Waals surface area contributed by atoms with Gasteiger partial charge in [-0.15, -0.1) is 11.3 Å². The maximum absolute atomic E-state index is 13.9. The van der Waals surface area contributed by atoms with Gasteiger partial charge in [0.2, 0.25) is 5.75 Å².